The largest absolute Gasteiger partial charge is 0.481 e. The molecule has 2 unspecified atom stereocenters. The Kier molecular flexibility index (Phi) is 8.31. The number of carboxylic acid groups (broad SMARTS) is 1. The van der Waals surface area contributed by atoms with Gasteiger partial charge in [-0.2, -0.15) is 0 Å². The van der Waals surface area contributed by atoms with E-state index in [2.05, 4.69) is 34.9 Å². The predicted octanol–water partition coefficient (Wildman–Crippen LogP) is 4.70. The van der Waals surface area contributed by atoms with Crippen molar-refractivity contribution in [2.45, 2.75) is 58.4 Å². The molecule has 2 atom stereocenters. The van der Waals surface area contributed by atoms with Crippen LogP contribution in [0.4, 0.5) is 4.79 Å². The van der Waals surface area contributed by atoms with Gasteiger partial charge >= 0.3 is 12.1 Å². The van der Waals surface area contributed by atoms with Gasteiger partial charge in [0.05, 0.1) is 5.41 Å². The van der Waals surface area contributed by atoms with E-state index in [9.17, 15) is 14.4 Å². The summed E-state index contributed by atoms with van der Waals surface area (Å²) < 4.78 is 5.58. The number of benzene rings is 2. The molecule has 1 aliphatic rings. The van der Waals surface area contributed by atoms with Gasteiger partial charge < -0.3 is 20.5 Å². The van der Waals surface area contributed by atoms with Crippen LogP contribution in [-0.4, -0.2) is 42.3 Å². The Morgan fingerprint density at radius 3 is 2.15 bits per heavy atom. The summed E-state index contributed by atoms with van der Waals surface area (Å²) in [5.41, 5.74) is 3.77. The highest BCUT2D eigenvalue weighted by atomic mass is 16.5. The summed E-state index contributed by atoms with van der Waals surface area (Å²) in [4.78, 5) is 36.3. The first-order valence-electron chi connectivity index (χ1n) is 11.9. The topological polar surface area (TPSA) is 105 Å². The SMILES string of the molecule is CCC(CCC(=O)O)NC(=O)C(C)(CC)CNC(=O)OCC1c2ccccc2-c2ccccc21. The molecule has 0 saturated carbocycles. The molecule has 0 radical (unpaired) electrons. The zero-order valence-electron chi connectivity index (χ0n) is 20.1. The van der Waals surface area contributed by atoms with Crippen molar-refractivity contribution in [3.8, 4) is 11.1 Å². The number of carboxylic acids is 1. The number of hydrogen-bond donors (Lipinski definition) is 3. The molecule has 2 aromatic carbocycles. The van der Waals surface area contributed by atoms with Gasteiger partial charge in [-0.15, -0.1) is 0 Å². The number of rotatable bonds is 11. The standard InChI is InChI=1S/C27H34N2O5/c1-4-18(14-15-24(30)31)29-25(32)27(3,5-2)17-28-26(33)34-16-23-21-12-8-6-10-19(21)20-11-7-9-13-22(20)23/h6-13,18,23H,4-5,14-17H2,1-3H3,(H,28,33)(H,29,32)(H,30,31). The van der Waals surface area contributed by atoms with Crippen LogP contribution in [-0.2, 0) is 14.3 Å². The van der Waals surface area contributed by atoms with Crippen LogP contribution >= 0.6 is 0 Å². The first kappa shape index (κ1) is 25.3. The van der Waals surface area contributed by atoms with Crippen molar-refractivity contribution in [3.05, 3.63) is 59.7 Å². The van der Waals surface area contributed by atoms with Crippen molar-refractivity contribution in [1.82, 2.24) is 10.6 Å². The predicted molar refractivity (Wildman–Crippen MR) is 131 cm³/mol. The molecule has 7 nitrogen and oxygen atoms in total. The third-order valence-corrected chi connectivity index (χ3v) is 6.83. The molecule has 0 fully saturated rings. The van der Waals surface area contributed by atoms with Crippen molar-refractivity contribution in [1.29, 1.82) is 0 Å². The Balaban J connectivity index is 1.56. The fraction of sp³-hybridized carbons (Fsp3) is 0.444. The van der Waals surface area contributed by atoms with E-state index in [4.69, 9.17) is 9.84 Å². The minimum Gasteiger partial charge on any atom is -0.481 e. The Morgan fingerprint density at radius 1 is 1.03 bits per heavy atom. The molecule has 0 spiro atoms. The maximum Gasteiger partial charge on any atom is 0.407 e. The summed E-state index contributed by atoms with van der Waals surface area (Å²) in [6.07, 6.45) is 0.958. The van der Waals surface area contributed by atoms with Crippen LogP contribution in [0.2, 0.25) is 0 Å². The van der Waals surface area contributed by atoms with Gasteiger partial charge in [-0.05, 0) is 48.4 Å². The van der Waals surface area contributed by atoms with Crippen LogP contribution in [0.5, 0.6) is 0 Å². The fourth-order valence-corrected chi connectivity index (χ4v) is 4.32. The van der Waals surface area contributed by atoms with Crippen molar-refractivity contribution >= 4 is 18.0 Å². The van der Waals surface area contributed by atoms with E-state index in [-0.39, 0.29) is 37.4 Å². The summed E-state index contributed by atoms with van der Waals surface area (Å²) in [6.45, 7) is 5.92. The van der Waals surface area contributed by atoms with Crippen molar-refractivity contribution in [2.75, 3.05) is 13.2 Å². The third kappa shape index (κ3) is 5.76. The van der Waals surface area contributed by atoms with Crippen LogP contribution in [0.15, 0.2) is 48.5 Å². The van der Waals surface area contributed by atoms with Crippen LogP contribution < -0.4 is 10.6 Å². The highest BCUT2D eigenvalue weighted by Crippen LogP contribution is 2.44. The van der Waals surface area contributed by atoms with Gasteiger partial charge in [0, 0.05) is 24.9 Å². The zero-order valence-corrected chi connectivity index (χ0v) is 20.1. The van der Waals surface area contributed by atoms with Gasteiger partial charge in [-0.25, -0.2) is 4.79 Å². The Bertz CT molecular complexity index is 992. The van der Waals surface area contributed by atoms with E-state index in [1.165, 1.54) is 0 Å². The summed E-state index contributed by atoms with van der Waals surface area (Å²) in [5.74, 6) is -1.12. The summed E-state index contributed by atoms with van der Waals surface area (Å²) in [6, 6.07) is 16.1. The number of alkyl carbamates (subject to hydrolysis) is 1. The third-order valence-electron chi connectivity index (χ3n) is 6.83. The fourth-order valence-electron chi connectivity index (χ4n) is 4.32. The lowest BCUT2D eigenvalue weighted by atomic mass is 9.86. The number of fused-ring (bicyclic) bond motifs is 3. The summed E-state index contributed by atoms with van der Waals surface area (Å²) in [5, 5.41) is 14.6. The molecule has 0 saturated heterocycles. The Labute approximate surface area is 200 Å². The Hall–Kier alpha value is -3.35. The highest BCUT2D eigenvalue weighted by molar-refractivity contribution is 5.83. The first-order chi connectivity index (χ1) is 16.3. The second kappa shape index (κ2) is 11.2. The first-order valence-corrected chi connectivity index (χ1v) is 11.9. The number of carbonyl (C=O) groups excluding carboxylic acids is 2. The number of amides is 2. The maximum absolute atomic E-state index is 12.9. The zero-order chi connectivity index (χ0) is 24.7. The molecule has 7 heteroatoms. The lowest BCUT2D eigenvalue weighted by molar-refractivity contribution is -0.138. The minimum absolute atomic E-state index is 0.000371. The quantitative estimate of drug-likeness (QED) is 0.445. The molecule has 0 aliphatic heterocycles. The van der Waals surface area contributed by atoms with Crippen LogP contribution in [0.1, 0.15) is 63.5 Å². The van der Waals surface area contributed by atoms with Crippen molar-refractivity contribution < 1.29 is 24.2 Å². The lowest BCUT2D eigenvalue weighted by Gasteiger charge is -2.29. The molecule has 0 aromatic heterocycles. The monoisotopic (exact) mass is 466 g/mol. The lowest BCUT2D eigenvalue weighted by Crippen LogP contribution is -2.49. The molecule has 0 heterocycles. The summed E-state index contributed by atoms with van der Waals surface area (Å²) >= 11 is 0. The second-order valence-corrected chi connectivity index (χ2v) is 9.10. The average molecular weight is 467 g/mol. The van der Waals surface area contributed by atoms with Crippen LogP contribution in [0.3, 0.4) is 0 Å². The van der Waals surface area contributed by atoms with Crippen LogP contribution in [0, 0.1) is 5.41 Å². The van der Waals surface area contributed by atoms with Crippen LogP contribution in [0.25, 0.3) is 11.1 Å². The van der Waals surface area contributed by atoms with Gasteiger partial charge in [0.25, 0.3) is 0 Å². The number of hydrogen-bond acceptors (Lipinski definition) is 4. The average Bonchev–Trinajstić information content (AvgIpc) is 3.17. The van der Waals surface area contributed by atoms with E-state index in [0.29, 0.717) is 19.3 Å². The number of carbonyl (C=O) groups is 3. The van der Waals surface area contributed by atoms with Gasteiger partial charge in [0.1, 0.15) is 6.61 Å². The van der Waals surface area contributed by atoms with Gasteiger partial charge in [-0.3, -0.25) is 9.59 Å². The van der Waals surface area contributed by atoms with Gasteiger partial charge in [0.2, 0.25) is 5.91 Å². The molecule has 0 bridgehead atoms. The summed E-state index contributed by atoms with van der Waals surface area (Å²) in [7, 11) is 0. The molecular formula is C27H34N2O5. The molecule has 3 rings (SSSR count). The molecule has 2 aromatic rings. The molecule has 3 N–H and O–H groups in total. The smallest absolute Gasteiger partial charge is 0.407 e. The molecule has 2 amide bonds. The minimum atomic E-state index is -0.886. The van der Waals surface area contributed by atoms with E-state index in [1.807, 2.05) is 38.1 Å². The van der Waals surface area contributed by atoms with E-state index in [0.717, 1.165) is 22.3 Å². The normalized spacial score (nSPS) is 14.9. The molecule has 34 heavy (non-hydrogen) atoms. The molecular weight excluding hydrogens is 432 g/mol. The number of ether oxygens (including phenoxy) is 1. The number of aliphatic carboxylic acids is 1. The molecule has 1 aliphatic carbocycles. The van der Waals surface area contributed by atoms with Gasteiger partial charge in [0.15, 0.2) is 0 Å². The van der Waals surface area contributed by atoms with E-state index >= 15 is 0 Å². The number of nitrogens with one attached hydrogen (secondary N) is 2. The van der Waals surface area contributed by atoms with Crippen molar-refractivity contribution in [2.24, 2.45) is 5.41 Å². The van der Waals surface area contributed by atoms with Gasteiger partial charge in [-0.1, -0.05) is 62.4 Å². The maximum atomic E-state index is 12.9. The van der Waals surface area contributed by atoms with E-state index in [1.54, 1.807) is 6.92 Å². The van der Waals surface area contributed by atoms with E-state index < -0.39 is 17.5 Å². The Morgan fingerprint density at radius 2 is 1.62 bits per heavy atom. The second-order valence-electron chi connectivity index (χ2n) is 9.10. The highest BCUT2D eigenvalue weighted by Gasteiger charge is 2.34. The molecule has 182 valence electrons. The van der Waals surface area contributed by atoms with Crippen molar-refractivity contribution in [3.63, 3.8) is 0 Å².